The predicted octanol–water partition coefficient (Wildman–Crippen LogP) is 3.27. The fraction of sp³-hybridized carbons (Fsp3) is 0.316. The molecule has 1 aliphatic heterocycles. The summed E-state index contributed by atoms with van der Waals surface area (Å²) in [7, 11) is -3.58. The molecular weight excluding hydrogens is 364 g/mol. The molecule has 3 aromatic rings. The maximum absolute atomic E-state index is 13.1. The largest absolute Gasteiger partial charge is 0.361 e. The van der Waals surface area contributed by atoms with Gasteiger partial charge in [-0.05, 0) is 44.9 Å². The van der Waals surface area contributed by atoms with E-state index in [2.05, 4.69) is 15.1 Å². The first-order valence-electron chi connectivity index (χ1n) is 8.81. The zero-order chi connectivity index (χ0) is 19.0. The Morgan fingerprint density at radius 3 is 2.63 bits per heavy atom. The molecule has 0 amide bonds. The quantitative estimate of drug-likeness (QED) is 0.686. The van der Waals surface area contributed by atoms with Gasteiger partial charge in [0.05, 0.1) is 27.9 Å². The molecule has 1 aliphatic rings. The molecule has 7 nitrogen and oxygen atoms in total. The molecule has 0 bridgehead atoms. The van der Waals surface area contributed by atoms with Crippen molar-refractivity contribution in [1.29, 1.82) is 0 Å². The third-order valence-electron chi connectivity index (χ3n) is 4.83. The smallest absolute Gasteiger partial charge is 0.243 e. The number of sulfonamides is 1. The predicted molar refractivity (Wildman–Crippen MR) is 99.3 cm³/mol. The van der Waals surface area contributed by atoms with Crippen molar-refractivity contribution >= 4 is 10.0 Å². The van der Waals surface area contributed by atoms with Gasteiger partial charge in [0.15, 0.2) is 5.82 Å². The highest BCUT2D eigenvalue weighted by Gasteiger charge is 2.37. The van der Waals surface area contributed by atoms with Crippen LogP contribution in [0, 0.1) is 13.8 Å². The van der Waals surface area contributed by atoms with Gasteiger partial charge in [0.2, 0.25) is 10.0 Å². The lowest BCUT2D eigenvalue weighted by Gasteiger charge is -2.24. The fourth-order valence-electron chi connectivity index (χ4n) is 3.53. The topological polar surface area (TPSA) is 89.2 Å². The van der Waals surface area contributed by atoms with Crippen LogP contribution >= 0.6 is 0 Å². The normalized spacial score (nSPS) is 18.1. The number of hydrogen-bond donors (Lipinski definition) is 0. The number of benzene rings is 1. The van der Waals surface area contributed by atoms with Crippen LogP contribution in [0.3, 0.4) is 0 Å². The van der Waals surface area contributed by atoms with Crippen LogP contribution in [0.15, 0.2) is 52.0 Å². The lowest BCUT2D eigenvalue weighted by Crippen LogP contribution is -2.31. The molecule has 3 heterocycles. The van der Waals surface area contributed by atoms with E-state index in [1.807, 2.05) is 13.8 Å². The average molecular weight is 384 g/mol. The van der Waals surface area contributed by atoms with E-state index in [4.69, 9.17) is 4.52 Å². The second-order valence-corrected chi connectivity index (χ2v) is 8.48. The second kappa shape index (κ2) is 6.86. The van der Waals surface area contributed by atoms with Gasteiger partial charge in [-0.15, -0.1) is 0 Å². The van der Waals surface area contributed by atoms with Gasteiger partial charge >= 0.3 is 0 Å². The Hall–Kier alpha value is -2.58. The van der Waals surface area contributed by atoms with Crippen LogP contribution < -0.4 is 0 Å². The summed E-state index contributed by atoms with van der Waals surface area (Å²) in [6.45, 7) is 4.13. The highest BCUT2D eigenvalue weighted by molar-refractivity contribution is 7.89. The standard InChI is InChI=1S/C19H20N4O3S/c1-13-18(14(2)26-22-13)19-20-11-10-16(21-19)17-9-6-12-23(17)27(24,25)15-7-4-3-5-8-15/h3-5,7-8,10-11,17H,6,9,12H2,1-2H3/t17-/m1/s1. The van der Waals surface area contributed by atoms with Crippen molar-refractivity contribution in [2.24, 2.45) is 0 Å². The summed E-state index contributed by atoms with van der Waals surface area (Å²) < 4.78 is 33.0. The Morgan fingerprint density at radius 1 is 1.15 bits per heavy atom. The van der Waals surface area contributed by atoms with Crippen LogP contribution in [-0.4, -0.2) is 34.4 Å². The van der Waals surface area contributed by atoms with Crippen molar-refractivity contribution in [2.75, 3.05) is 6.54 Å². The number of hydrogen-bond acceptors (Lipinski definition) is 6. The Labute approximate surface area is 158 Å². The zero-order valence-corrected chi connectivity index (χ0v) is 16.0. The average Bonchev–Trinajstić information content (AvgIpc) is 3.30. The Morgan fingerprint density at radius 2 is 1.93 bits per heavy atom. The SMILES string of the molecule is Cc1noc(C)c1-c1nccc([C@H]2CCCN2S(=O)(=O)c2ccccc2)n1. The number of rotatable bonds is 4. The number of aromatic nitrogens is 3. The van der Waals surface area contributed by atoms with Crippen LogP contribution in [0.25, 0.3) is 11.4 Å². The Bertz CT molecular complexity index is 1040. The molecule has 0 unspecified atom stereocenters. The van der Waals surface area contributed by atoms with Gasteiger partial charge in [-0.25, -0.2) is 18.4 Å². The monoisotopic (exact) mass is 384 g/mol. The van der Waals surface area contributed by atoms with Gasteiger partial charge in [0, 0.05) is 12.7 Å². The number of nitrogens with zero attached hydrogens (tertiary/aromatic N) is 4. The van der Waals surface area contributed by atoms with Crippen molar-refractivity contribution in [3.05, 3.63) is 59.7 Å². The lowest BCUT2D eigenvalue weighted by atomic mass is 10.1. The van der Waals surface area contributed by atoms with Gasteiger partial charge in [-0.2, -0.15) is 4.31 Å². The van der Waals surface area contributed by atoms with E-state index in [9.17, 15) is 8.42 Å². The third kappa shape index (κ3) is 3.15. The van der Waals surface area contributed by atoms with E-state index in [0.29, 0.717) is 34.4 Å². The molecule has 4 rings (SSSR count). The summed E-state index contributed by atoms with van der Waals surface area (Å²) in [6, 6.07) is 10.00. The molecule has 27 heavy (non-hydrogen) atoms. The van der Waals surface area contributed by atoms with Gasteiger partial charge in [-0.3, -0.25) is 0 Å². The highest BCUT2D eigenvalue weighted by atomic mass is 32.2. The highest BCUT2D eigenvalue weighted by Crippen LogP contribution is 2.36. The van der Waals surface area contributed by atoms with E-state index in [1.54, 1.807) is 46.9 Å². The zero-order valence-electron chi connectivity index (χ0n) is 15.2. The molecule has 2 aromatic heterocycles. The van der Waals surface area contributed by atoms with Crippen LogP contribution in [0.5, 0.6) is 0 Å². The van der Waals surface area contributed by atoms with Crippen molar-refractivity contribution in [3.63, 3.8) is 0 Å². The molecular formula is C19H20N4O3S. The van der Waals surface area contributed by atoms with E-state index >= 15 is 0 Å². The van der Waals surface area contributed by atoms with Gasteiger partial charge in [0.1, 0.15) is 5.76 Å². The van der Waals surface area contributed by atoms with Gasteiger partial charge in [0.25, 0.3) is 0 Å². The molecule has 1 aromatic carbocycles. The van der Waals surface area contributed by atoms with Crippen molar-refractivity contribution in [1.82, 2.24) is 19.4 Å². The molecule has 0 aliphatic carbocycles. The van der Waals surface area contributed by atoms with E-state index in [-0.39, 0.29) is 6.04 Å². The van der Waals surface area contributed by atoms with Crippen molar-refractivity contribution < 1.29 is 12.9 Å². The maximum atomic E-state index is 13.1. The molecule has 0 N–H and O–H groups in total. The van der Waals surface area contributed by atoms with E-state index in [1.165, 1.54) is 0 Å². The molecule has 0 spiro atoms. The summed E-state index contributed by atoms with van der Waals surface area (Å²) in [6.07, 6.45) is 3.18. The molecule has 1 fully saturated rings. The summed E-state index contributed by atoms with van der Waals surface area (Å²) in [5, 5.41) is 3.95. The second-order valence-electron chi connectivity index (χ2n) is 6.59. The Balaban J connectivity index is 1.72. The lowest BCUT2D eigenvalue weighted by molar-refractivity contribution is 0.390. The first kappa shape index (κ1) is 17.8. The van der Waals surface area contributed by atoms with Crippen LogP contribution in [-0.2, 0) is 10.0 Å². The molecule has 1 atom stereocenters. The van der Waals surface area contributed by atoms with Crippen molar-refractivity contribution in [3.8, 4) is 11.4 Å². The fourth-order valence-corrected chi connectivity index (χ4v) is 5.22. The molecule has 1 saturated heterocycles. The molecule has 140 valence electrons. The summed E-state index contributed by atoms with van der Waals surface area (Å²) in [4.78, 5) is 9.30. The first-order valence-corrected chi connectivity index (χ1v) is 10.3. The number of aryl methyl sites for hydroxylation is 2. The van der Waals surface area contributed by atoms with Crippen LogP contribution in [0.2, 0.25) is 0 Å². The van der Waals surface area contributed by atoms with E-state index < -0.39 is 10.0 Å². The minimum Gasteiger partial charge on any atom is -0.361 e. The summed E-state index contributed by atoms with van der Waals surface area (Å²) in [5.74, 6) is 1.15. The van der Waals surface area contributed by atoms with Gasteiger partial charge < -0.3 is 4.52 Å². The minimum absolute atomic E-state index is 0.303. The summed E-state index contributed by atoms with van der Waals surface area (Å²) >= 11 is 0. The van der Waals surface area contributed by atoms with Crippen LogP contribution in [0.4, 0.5) is 0 Å². The van der Waals surface area contributed by atoms with E-state index in [0.717, 1.165) is 18.4 Å². The first-order chi connectivity index (χ1) is 13.0. The molecule has 8 heteroatoms. The van der Waals surface area contributed by atoms with Crippen molar-refractivity contribution in [2.45, 2.75) is 37.6 Å². The Kier molecular flexibility index (Phi) is 4.53. The molecule has 0 saturated carbocycles. The van der Waals surface area contributed by atoms with Crippen LogP contribution in [0.1, 0.15) is 36.0 Å². The maximum Gasteiger partial charge on any atom is 0.243 e. The third-order valence-corrected chi connectivity index (χ3v) is 6.75. The molecule has 0 radical (unpaired) electrons. The minimum atomic E-state index is -3.58. The van der Waals surface area contributed by atoms with Gasteiger partial charge in [-0.1, -0.05) is 23.4 Å². The summed E-state index contributed by atoms with van der Waals surface area (Å²) in [5.41, 5.74) is 2.16.